The number of carbonyl (C=O) groups is 1. The van der Waals surface area contributed by atoms with Crippen LogP contribution in [0.4, 0.5) is 5.00 Å². The second-order valence-electron chi connectivity index (χ2n) is 7.91. The fourth-order valence-corrected chi connectivity index (χ4v) is 6.17. The van der Waals surface area contributed by atoms with Crippen LogP contribution in [0.5, 0.6) is 0 Å². The zero-order chi connectivity index (χ0) is 22.1. The highest BCUT2D eigenvalue weighted by Crippen LogP contribution is 2.40. The van der Waals surface area contributed by atoms with E-state index in [0.29, 0.717) is 13.2 Å². The van der Waals surface area contributed by atoms with Gasteiger partial charge in [-0.3, -0.25) is 4.79 Å². The first kappa shape index (κ1) is 21.1. The first-order valence-corrected chi connectivity index (χ1v) is 12.4. The number of fused-ring (bicyclic) bond motifs is 1. The Morgan fingerprint density at radius 1 is 1.06 bits per heavy atom. The van der Waals surface area contributed by atoms with E-state index in [9.17, 15) is 4.79 Å². The van der Waals surface area contributed by atoms with Gasteiger partial charge in [0.25, 0.3) is 5.91 Å². The van der Waals surface area contributed by atoms with Crippen molar-refractivity contribution in [2.24, 2.45) is 0 Å². The molecule has 0 spiro atoms. The number of para-hydroxylation sites is 1. The number of hydrogen-bond donors (Lipinski definition) is 0. The predicted octanol–water partition coefficient (Wildman–Crippen LogP) is 5.69. The number of aromatic nitrogens is 1. The Morgan fingerprint density at radius 3 is 2.53 bits per heavy atom. The lowest BCUT2D eigenvalue weighted by molar-refractivity contribution is 0.0747. The van der Waals surface area contributed by atoms with Crippen molar-refractivity contribution in [2.45, 2.75) is 13.0 Å². The molecule has 1 amide bonds. The summed E-state index contributed by atoms with van der Waals surface area (Å²) in [6.45, 7) is 5.15. The lowest BCUT2D eigenvalue weighted by atomic mass is 10.1. The fraction of sp³-hybridized carbons (Fsp3) is 0.280. The minimum atomic E-state index is -0.103. The third-order valence-electron chi connectivity index (χ3n) is 5.88. The molecule has 1 atom stereocenters. The molecule has 0 aliphatic carbocycles. The smallest absolute Gasteiger partial charge is 0.264 e. The van der Waals surface area contributed by atoms with E-state index in [1.54, 1.807) is 27.6 Å². The predicted molar refractivity (Wildman–Crippen MR) is 133 cm³/mol. The Kier molecular flexibility index (Phi) is 5.95. The highest BCUT2D eigenvalue weighted by molar-refractivity contribution is 7.19. The Balaban J connectivity index is 1.46. The average Bonchev–Trinajstić information content (AvgIpc) is 3.49. The number of morpholine rings is 1. The molecular weight excluding hydrogens is 438 g/mol. The first-order chi connectivity index (χ1) is 15.6. The van der Waals surface area contributed by atoms with Crippen LogP contribution < -0.4 is 4.90 Å². The number of thiophene rings is 1. The van der Waals surface area contributed by atoms with Crippen molar-refractivity contribution >= 4 is 43.8 Å². The largest absolute Gasteiger partial charge is 0.378 e. The number of amides is 1. The average molecular weight is 464 g/mol. The molecule has 0 bridgehead atoms. The summed E-state index contributed by atoms with van der Waals surface area (Å²) in [7, 11) is 1.87. The van der Waals surface area contributed by atoms with Crippen LogP contribution in [-0.2, 0) is 4.74 Å². The molecule has 0 saturated carbocycles. The number of hydrogen-bond acceptors (Lipinski definition) is 6. The molecule has 1 unspecified atom stereocenters. The molecule has 5 rings (SSSR count). The molecule has 32 heavy (non-hydrogen) atoms. The van der Waals surface area contributed by atoms with E-state index < -0.39 is 0 Å². The van der Waals surface area contributed by atoms with E-state index in [-0.39, 0.29) is 11.9 Å². The van der Waals surface area contributed by atoms with Crippen molar-refractivity contribution in [3.63, 3.8) is 0 Å². The number of thiazole rings is 1. The van der Waals surface area contributed by atoms with Gasteiger partial charge in [0.05, 0.1) is 39.4 Å². The third-order valence-corrected chi connectivity index (χ3v) is 8.27. The van der Waals surface area contributed by atoms with Crippen LogP contribution in [0.3, 0.4) is 0 Å². The molecule has 3 heterocycles. The summed E-state index contributed by atoms with van der Waals surface area (Å²) >= 11 is 3.23. The molecule has 0 N–H and O–H groups in total. The van der Waals surface area contributed by atoms with Crippen molar-refractivity contribution in [1.82, 2.24) is 9.88 Å². The summed E-state index contributed by atoms with van der Waals surface area (Å²) in [6.07, 6.45) is 0. The molecule has 7 heteroatoms. The van der Waals surface area contributed by atoms with Crippen molar-refractivity contribution < 1.29 is 9.53 Å². The van der Waals surface area contributed by atoms with E-state index in [1.807, 2.05) is 50.4 Å². The summed E-state index contributed by atoms with van der Waals surface area (Å²) in [5.74, 6) is 0.0263. The molecule has 2 aromatic heterocycles. The van der Waals surface area contributed by atoms with Crippen LogP contribution in [0.2, 0.25) is 0 Å². The topological polar surface area (TPSA) is 45.7 Å². The van der Waals surface area contributed by atoms with Crippen LogP contribution >= 0.6 is 22.7 Å². The number of nitrogens with zero attached hydrogens (tertiary/aromatic N) is 3. The molecule has 4 aromatic rings. The van der Waals surface area contributed by atoms with Gasteiger partial charge in [-0.05, 0) is 30.7 Å². The maximum atomic E-state index is 13.5. The fourth-order valence-electron chi connectivity index (χ4n) is 3.90. The molecule has 1 fully saturated rings. The molecule has 0 radical (unpaired) electrons. The lowest BCUT2D eigenvalue weighted by Gasteiger charge is -2.28. The zero-order valence-corrected chi connectivity index (χ0v) is 19.8. The van der Waals surface area contributed by atoms with E-state index in [4.69, 9.17) is 9.72 Å². The third kappa shape index (κ3) is 4.03. The van der Waals surface area contributed by atoms with Gasteiger partial charge in [0.2, 0.25) is 0 Å². The minimum Gasteiger partial charge on any atom is -0.378 e. The molecule has 1 aliphatic heterocycles. The van der Waals surface area contributed by atoms with Gasteiger partial charge in [-0.15, -0.1) is 22.7 Å². The standard InChI is InChI=1S/C25H25N3O2S2/c1-17(23-26-20-10-6-7-11-21(20)31-23)27(2)24(29)22-16-19(18-8-4-3-5-9-18)25(32-22)28-12-14-30-15-13-28/h3-11,16-17H,12-15H2,1-2H3. The van der Waals surface area contributed by atoms with Crippen LogP contribution in [0.1, 0.15) is 27.6 Å². The van der Waals surface area contributed by atoms with E-state index in [0.717, 1.165) is 49.3 Å². The summed E-state index contributed by atoms with van der Waals surface area (Å²) in [5.41, 5.74) is 3.23. The van der Waals surface area contributed by atoms with Gasteiger partial charge in [0, 0.05) is 25.7 Å². The monoisotopic (exact) mass is 463 g/mol. The number of carbonyl (C=O) groups excluding carboxylic acids is 1. The van der Waals surface area contributed by atoms with Crippen LogP contribution in [0.25, 0.3) is 21.3 Å². The Bertz CT molecular complexity index is 1200. The Hall–Kier alpha value is -2.74. The lowest BCUT2D eigenvalue weighted by Crippen LogP contribution is -2.35. The zero-order valence-electron chi connectivity index (χ0n) is 18.2. The maximum Gasteiger partial charge on any atom is 0.264 e. The summed E-state index contributed by atoms with van der Waals surface area (Å²) < 4.78 is 6.69. The second kappa shape index (κ2) is 9.02. The van der Waals surface area contributed by atoms with Gasteiger partial charge >= 0.3 is 0 Å². The van der Waals surface area contributed by atoms with Crippen LogP contribution in [0.15, 0.2) is 60.7 Å². The number of benzene rings is 2. The van der Waals surface area contributed by atoms with E-state index >= 15 is 0 Å². The highest BCUT2D eigenvalue weighted by Gasteiger charge is 2.26. The van der Waals surface area contributed by atoms with Crippen molar-refractivity contribution in [3.8, 4) is 11.1 Å². The highest BCUT2D eigenvalue weighted by atomic mass is 32.1. The molecule has 164 valence electrons. The minimum absolute atomic E-state index is 0.0263. The Morgan fingerprint density at radius 2 is 1.78 bits per heavy atom. The van der Waals surface area contributed by atoms with E-state index in [2.05, 4.69) is 29.2 Å². The van der Waals surface area contributed by atoms with Gasteiger partial charge in [0.15, 0.2) is 0 Å². The first-order valence-electron chi connectivity index (χ1n) is 10.8. The molecule has 1 saturated heterocycles. The van der Waals surface area contributed by atoms with Crippen molar-refractivity contribution in [1.29, 1.82) is 0 Å². The summed E-state index contributed by atoms with van der Waals surface area (Å²) in [4.78, 5) is 23.2. The normalized spacial score (nSPS) is 15.1. The summed E-state index contributed by atoms with van der Waals surface area (Å²) in [6, 6.07) is 20.4. The van der Waals surface area contributed by atoms with Crippen molar-refractivity contribution in [3.05, 3.63) is 70.5 Å². The van der Waals surface area contributed by atoms with Crippen LogP contribution in [-0.4, -0.2) is 49.1 Å². The SMILES string of the molecule is CC(c1nc2ccccc2s1)N(C)C(=O)c1cc(-c2ccccc2)c(N2CCOCC2)s1. The molecule has 5 nitrogen and oxygen atoms in total. The molecule has 1 aliphatic rings. The van der Waals surface area contributed by atoms with Crippen LogP contribution in [0, 0.1) is 0 Å². The number of anilines is 1. The van der Waals surface area contributed by atoms with Gasteiger partial charge in [-0.1, -0.05) is 42.5 Å². The van der Waals surface area contributed by atoms with Gasteiger partial charge < -0.3 is 14.5 Å². The molecular formula is C25H25N3O2S2. The number of rotatable bonds is 5. The van der Waals surface area contributed by atoms with Gasteiger partial charge in [-0.25, -0.2) is 4.98 Å². The quantitative estimate of drug-likeness (QED) is 0.381. The second-order valence-corrected chi connectivity index (χ2v) is 10.00. The van der Waals surface area contributed by atoms with E-state index in [1.165, 1.54) is 0 Å². The molecule has 2 aromatic carbocycles. The Labute approximate surface area is 195 Å². The van der Waals surface area contributed by atoms with Gasteiger partial charge in [0.1, 0.15) is 5.01 Å². The number of ether oxygens (including phenoxy) is 1. The van der Waals surface area contributed by atoms with Crippen molar-refractivity contribution in [2.75, 3.05) is 38.3 Å². The maximum absolute atomic E-state index is 13.5. The van der Waals surface area contributed by atoms with Gasteiger partial charge in [-0.2, -0.15) is 0 Å². The summed E-state index contributed by atoms with van der Waals surface area (Å²) in [5, 5.41) is 2.10.